The van der Waals surface area contributed by atoms with Gasteiger partial charge in [0.2, 0.25) is 0 Å². The summed E-state index contributed by atoms with van der Waals surface area (Å²) in [5, 5.41) is 17.2. The van der Waals surface area contributed by atoms with Crippen molar-refractivity contribution in [3.05, 3.63) is 12.2 Å². The summed E-state index contributed by atoms with van der Waals surface area (Å²) in [5.41, 5.74) is -0.789. The zero-order chi connectivity index (χ0) is 6.62. The predicted octanol–water partition coefficient (Wildman–Crippen LogP) is 0.306. The molecular weight excluding hydrogens is 104 g/mol. The van der Waals surface area contributed by atoms with E-state index >= 15 is 0 Å². The fraction of sp³-hybridized carbons (Fsp3) is 0.667. The summed E-state index contributed by atoms with van der Waals surface area (Å²) in [6.07, 6.45) is 3.06. The van der Waals surface area contributed by atoms with Gasteiger partial charge in [-0.05, 0) is 13.8 Å². The van der Waals surface area contributed by atoms with E-state index in [0.29, 0.717) is 0 Å². The molecule has 2 N–H and O–H groups in total. The van der Waals surface area contributed by atoms with E-state index in [0.717, 1.165) is 0 Å². The Morgan fingerprint density at radius 1 is 1.50 bits per heavy atom. The largest absolute Gasteiger partial charge is 0.392 e. The molecule has 0 aliphatic rings. The first-order valence-electron chi connectivity index (χ1n) is 2.57. The third-order valence-corrected chi connectivity index (χ3v) is 0.631. The van der Waals surface area contributed by atoms with Crippen molar-refractivity contribution in [1.29, 1.82) is 0 Å². The topological polar surface area (TPSA) is 40.5 Å². The summed E-state index contributed by atoms with van der Waals surface area (Å²) < 4.78 is 0. The molecule has 48 valence electrons. The van der Waals surface area contributed by atoms with E-state index in [4.69, 9.17) is 10.2 Å². The number of rotatable bonds is 2. The highest BCUT2D eigenvalue weighted by molar-refractivity contribution is 4.94. The second-order valence-electron chi connectivity index (χ2n) is 2.24. The number of hydrogen-bond donors (Lipinski definition) is 2. The van der Waals surface area contributed by atoms with Crippen molar-refractivity contribution in [2.45, 2.75) is 19.4 Å². The van der Waals surface area contributed by atoms with Crippen molar-refractivity contribution in [2.24, 2.45) is 0 Å². The summed E-state index contributed by atoms with van der Waals surface area (Å²) in [6.45, 7) is 3.29. The monoisotopic (exact) mass is 116 g/mol. The normalized spacial score (nSPS) is 13.0. The molecule has 0 unspecified atom stereocenters. The lowest BCUT2D eigenvalue weighted by Gasteiger charge is -2.08. The van der Waals surface area contributed by atoms with E-state index in [-0.39, 0.29) is 6.61 Å². The highest BCUT2D eigenvalue weighted by Gasteiger charge is 2.04. The van der Waals surface area contributed by atoms with Crippen LogP contribution in [0.5, 0.6) is 0 Å². The first-order chi connectivity index (χ1) is 3.56. The van der Waals surface area contributed by atoms with Gasteiger partial charge in [-0.3, -0.25) is 0 Å². The average Bonchev–Trinajstić information content (AvgIpc) is 1.59. The van der Waals surface area contributed by atoms with E-state index in [9.17, 15) is 0 Å². The standard InChI is InChI=1S/C6H12O2/c1-6(2,8)4-3-5-7/h3-4,7-8H,5H2,1-2H3/b4-3-. The molecule has 0 heterocycles. The molecule has 0 spiro atoms. The fourth-order valence-corrected chi connectivity index (χ4v) is 0.341. The molecule has 0 fully saturated rings. The predicted molar refractivity (Wildman–Crippen MR) is 32.5 cm³/mol. The van der Waals surface area contributed by atoms with Crippen LogP contribution in [0, 0.1) is 0 Å². The van der Waals surface area contributed by atoms with Gasteiger partial charge in [-0.25, -0.2) is 0 Å². The zero-order valence-corrected chi connectivity index (χ0v) is 5.26. The smallest absolute Gasteiger partial charge is 0.0772 e. The first kappa shape index (κ1) is 7.66. The number of hydrogen-bond acceptors (Lipinski definition) is 2. The maximum atomic E-state index is 8.95. The van der Waals surface area contributed by atoms with Crippen molar-refractivity contribution in [3.63, 3.8) is 0 Å². The molecule has 0 rings (SSSR count). The van der Waals surface area contributed by atoms with Crippen molar-refractivity contribution in [3.8, 4) is 0 Å². The van der Waals surface area contributed by atoms with Gasteiger partial charge in [0.05, 0.1) is 12.2 Å². The third-order valence-electron chi connectivity index (χ3n) is 0.631. The minimum absolute atomic E-state index is 0.00993. The fourth-order valence-electron chi connectivity index (χ4n) is 0.341. The molecule has 0 aliphatic heterocycles. The molecule has 0 saturated carbocycles. The Hall–Kier alpha value is -0.340. The second-order valence-corrected chi connectivity index (χ2v) is 2.24. The molecule has 8 heavy (non-hydrogen) atoms. The zero-order valence-electron chi connectivity index (χ0n) is 5.26. The van der Waals surface area contributed by atoms with E-state index in [1.807, 2.05) is 0 Å². The second kappa shape index (κ2) is 2.84. The van der Waals surface area contributed by atoms with E-state index < -0.39 is 5.60 Å². The molecule has 0 atom stereocenters. The van der Waals surface area contributed by atoms with Crippen LogP contribution in [0.4, 0.5) is 0 Å². The van der Waals surface area contributed by atoms with Crippen LogP contribution in [0.3, 0.4) is 0 Å². The van der Waals surface area contributed by atoms with Crippen LogP contribution >= 0.6 is 0 Å². The van der Waals surface area contributed by atoms with Gasteiger partial charge in [0.25, 0.3) is 0 Å². The van der Waals surface area contributed by atoms with Crippen LogP contribution in [0.1, 0.15) is 13.8 Å². The van der Waals surface area contributed by atoms with Crippen LogP contribution in [0.25, 0.3) is 0 Å². The van der Waals surface area contributed by atoms with Crippen molar-refractivity contribution < 1.29 is 10.2 Å². The summed E-state index contributed by atoms with van der Waals surface area (Å²) >= 11 is 0. The van der Waals surface area contributed by atoms with Gasteiger partial charge >= 0.3 is 0 Å². The van der Waals surface area contributed by atoms with Crippen LogP contribution < -0.4 is 0 Å². The lowest BCUT2D eigenvalue weighted by molar-refractivity contribution is 0.132. The Morgan fingerprint density at radius 2 is 2.00 bits per heavy atom. The van der Waals surface area contributed by atoms with E-state index in [1.165, 1.54) is 6.08 Å². The average molecular weight is 116 g/mol. The molecule has 2 nitrogen and oxygen atoms in total. The molecule has 0 aromatic heterocycles. The van der Waals surface area contributed by atoms with Crippen molar-refractivity contribution in [2.75, 3.05) is 6.61 Å². The van der Waals surface area contributed by atoms with Crippen LogP contribution in [0.15, 0.2) is 12.2 Å². The molecule has 0 amide bonds. The summed E-state index contributed by atoms with van der Waals surface area (Å²) in [7, 11) is 0. The SMILES string of the molecule is CC(C)(O)/C=C\CO. The first-order valence-corrected chi connectivity index (χ1v) is 2.57. The highest BCUT2D eigenvalue weighted by Crippen LogP contribution is 2.00. The molecular formula is C6H12O2. The lowest BCUT2D eigenvalue weighted by Crippen LogP contribution is -2.13. The Balaban J connectivity index is 3.52. The number of aliphatic hydroxyl groups excluding tert-OH is 1. The highest BCUT2D eigenvalue weighted by atomic mass is 16.3. The van der Waals surface area contributed by atoms with Gasteiger partial charge in [0, 0.05) is 0 Å². The molecule has 0 radical (unpaired) electrons. The molecule has 0 aromatic carbocycles. The quantitative estimate of drug-likeness (QED) is 0.509. The Kier molecular flexibility index (Phi) is 2.72. The molecule has 2 heteroatoms. The van der Waals surface area contributed by atoms with Crippen molar-refractivity contribution >= 4 is 0 Å². The molecule has 0 aliphatic carbocycles. The van der Waals surface area contributed by atoms with Gasteiger partial charge in [-0.2, -0.15) is 0 Å². The summed E-state index contributed by atoms with van der Waals surface area (Å²) in [5.74, 6) is 0. The molecule has 0 aromatic rings. The van der Waals surface area contributed by atoms with Gasteiger partial charge in [-0.15, -0.1) is 0 Å². The van der Waals surface area contributed by atoms with Crippen molar-refractivity contribution in [1.82, 2.24) is 0 Å². The van der Waals surface area contributed by atoms with Gasteiger partial charge in [0.15, 0.2) is 0 Å². The maximum absolute atomic E-state index is 8.95. The van der Waals surface area contributed by atoms with E-state index in [2.05, 4.69) is 0 Å². The maximum Gasteiger partial charge on any atom is 0.0772 e. The molecule has 0 bridgehead atoms. The third kappa shape index (κ3) is 5.66. The minimum atomic E-state index is -0.789. The van der Waals surface area contributed by atoms with Crippen LogP contribution in [0.2, 0.25) is 0 Å². The Labute approximate surface area is 49.5 Å². The lowest BCUT2D eigenvalue weighted by atomic mass is 10.1. The van der Waals surface area contributed by atoms with Gasteiger partial charge < -0.3 is 10.2 Å². The van der Waals surface area contributed by atoms with E-state index in [1.54, 1.807) is 19.9 Å². The molecule has 0 saturated heterocycles. The van der Waals surface area contributed by atoms with Crippen LogP contribution in [-0.4, -0.2) is 22.4 Å². The number of aliphatic hydroxyl groups is 2. The van der Waals surface area contributed by atoms with Crippen LogP contribution in [-0.2, 0) is 0 Å². The minimum Gasteiger partial charge on any atom is -0.392 e. The Morgan fingerprint density at radius 3 is 2.12 bits per heavy atom. The summed E-state index contributed by atoms with van der Waals surface area (Å²) in [4.78, 5) is 0. The Bertz CT molecular complexity index is 79.0. The summed E-state index contributed by atoms with van der Waals surface area (Å²) in [6, 6.07) is 0. The van der Waals surface area contributed by atoms with Gasteiger partial charge in [-0.1, -0.05) is 12.2 Å². The van der Waals surface area contributed by atoms with Gasteiger partial charge in [0.1, 0.15) is 0 Å².